The first-order chi connectivity index (χ1) is 19.8. The molecule has 41 heavy (non-hydrogen) atoms. The molecule has 3 aromatic heterocycles. The molecule has 2 aliphatic rings. The summed E-state index contributed by atoms with van der Waals surface area (Å²) < 4.78 is 60.8. The van der Waals surface area contributed by atoms with Gasteiger partial charge in [0, 0.05) is 35.2 Å². The van der Waals surface area contributed by atoms with Gasteiger partial charge in [-0.1, -0.05) is 29.4 Å². The van der Waals surface area contributed by atoms with Crippen molar-refractivity contribution in [1.29, 1.82) is 0 Å². The number of thiazole rings is 1. The van der Waals surface area contributed by atoms with Crippen LogP contribution in [0.5, 0.6) is 0 Å². The molecular weight excluding hydrogens is 556 g/mol. The molecule has 2 atom stereocenters. The van der Waals surface area contributed by atoms with Crippen molar-refractivity contribution < 1.29 is 22.3 Å². The van der Waals surface area contributed by atoms with E-state index in [2.05, 4.69) is 36.9 Å². The third kappa shape index (κ3) is 5.59. The first kappa shape index (κ1) is 27.1. The van der Waals surface area contributed by atoms with Gasteiger partial charge >= 0.3 is 0 Å². The van der Waals surface area contributed by atoms with Gasteiger partial charge in [-0.25, -0.2) is 32.5 Å². The lowest BCUT2D eigenvalue weighted by Gasteiger charge is -2.22. The van der Waals surface area contributed by atoms with E-state index < -0.39 is 24.9 Å². The highest BCUT2D eigenvalue weighted by molar-refractivity contribution is 7.21. The van der Waals surface area contributed by atoms with Crippen LogP contribution in [0.2, 0.25) is 0 Å². The number of alkyl halides is 4. The van der Waals surface area contributed by atoms with Gasteiger partial charge in [-0.05, 0) is 43.4 Å². The van der Waals surface area contributed by atoms with Crippen LogP contribution in [0.3, 0.4) is 0 Å². The maximum Gasteiger partial charge on any atom is 0.260 e. The summed E-state index contributed by atoms with van der Waals surface area (Å²) in [4.78, 5) is 18.3. The van der Waals surface area contributed by atoms with Crippen LogP contribution >= 0.6 is 11.3 Å². The third-order valence-electron chi connectivity index (χ3n) is 6.97. The summed E-state index contributed by atoms with van der Waals surface area (Å²) in [5.74, 6) is 7.03. The fourth-order valence-corrected chi connectivity index (χ4v) is 5.39. The molecular formula is C29H24F4N6OS. The van der Waals surface area contributed by atoms with Gasteiger partial charge < -0.3 is 4.74 Å². The molecule has 2 unspecified atom stereocenters. The summed E-state index contributed by atoms with van der Waals surface area (Å²) in [7, 11) is 1.46. The van der Waals surface area contributed by atoms with Crippen LogP contribution in [0.4, 0.5) is 17.6 Å². The minimum atomic E-state index is -2.66. The largest absolute Gasteiger partial charge is 0.495 e. The second-order valence-corrected chi connectivity index (χ2v) is 10.9. The Bertz CT molecular complexity index is 1730. The SMILES string of the molecule is COC1=C(c2cc(-c3ccn(C(C)C(F)F)n3)ccc2-c2nc3ncc(C#CC4CC4)nc3s2)CC(C(F)F)N=C1. The lowest BCUT2D eigenvalue weighted by Crippen LogP contribution is -2.21. The minimum absolute atomic E-state index is 0.0625. The predicted molar refractivity (Wildman–Crippen MR) is 149 cm³/mol. The molecule has 1 aliphatic carbocycles. The van der Waals surface area contributed by atoms with Crippen LogP contribution in [0, 0.1) is 17.8 Å². The monoisotopic (exact) mass is 580 g/mol. The van der Waals surface area contributed by atoms with Crippen LogP contribution < -0.4 is 0 Å². The molecule has 1 saturated carbocycles. The Labute approximate surface area is 237 Å². The van der Waals surface area contributed by atoms with Gasteiger partial charge in [0.2, 0.25) is 0 Å². The smallest absolute Gasteiger partial charge is 0.260 e. The summed E-state index contributed by atoms with van der Waals surface area (Å²) in [6, 6.07) is 4.71. The Morgan fingerprint density at radius 1 is 1.10 bits per heavy atom. The van der Waals surface area contributed by atoms with E-state index >= 15 is 0 Å². The molecule has 0 saturated heterocycles. The van der Waals surface area contributed by atoms with Crippen LogP contribution in [0.15, 0.2) is 47.4 Å². The van der Waals surface area contributed by atoms with E-state index in [0.29, 0.717) is 60.8 Å². The van der Waals surface area contributed by atoms with Crippen molar-refractivity contribution in [3.05, 3.63) is 53.7 Å². The Morgan fingerprint density at radius 2 is 1.93 bits per heavy atom. The molecule has 12 heteroatoms. The molecule has 1 aromatic carbocycles. The first-order valence-electron chi connectivity index (χ1n) is 13.0. The quantitative estimate of drug-likeness (QED) is 0.180. The average Bonchev–Trinajstić information content (AvgIpc) is 3.51. The number of methoxy groups -OCH3 is 1. The average molecular weight is 581 g/mol. The van der Waals surface area contributed by atoms with Gasteiger partial charge in [-0.15, -0.1) is 0 Å². The highest BCUT2D eigenvalue weighted by atomic mass is 32.1. The number of ether oxygens (including phenoxy) is 1. The highest BCUT2D eigenvalue weighted by Crippen LogP contribution is 2.40. The molecule has 1 fully saturated rings. The fraction of sp³-hybridized carbons (Fsp3) is 0.345. The summed E-state index contributed by atoms with van der Waals surface area (Å²) in [5, 5.41) is 4.94. The van der Waals surface area contributed by atoms with E-state index in [4.69, 9.17) is 4.74 Å². The Kier molecular flexibility index (Phi) is 7.30. The van der Waals surface area contributed by atoms with Gasteiger partial charge in [0.25, 0.3) is 12.9 Å². The molecule has 4 aromatic rings. The number of rotatable bonds is 7. The number of benzene rings is 1. The summed E-state index contributed by atoms with van der Waals surface area (Å²) in [6.45, 7) is 1.38. The molecule has 0 N–H and O–H groups in total. The minimum Gasteiger partial charge on any atom is -0.495 e. The molecule has 0 spiro atoms. The van der Waals surface area contributed by atoms with Gasteiger partial charge in [0.15, 0.2) is 10.5 Å². The number of nitrogens with zero attached hydrogens (tertiary/aromatic N) is 6. The molecule has 0 radical (unpaired) electrons. The Morgan fingerprint density at radius 3 is 2.66 bits per heavy atom. The molecule has 7 nitrogen and oxygen atoms in total. The van der Waals surface area contributed by atoms with E-state index in [1.165, 1.54) is 42.5 Å². The lowest BCUT2D eigenvalue weighted by molar-refractivity contribution is 0.0856. The van der Waals surface area contributed by atoms with E-state index in [9.17, 15) is 17.6 Å². The summed E-state index contributed by atoms with van der Waals surface area (Å²) in [5.41, 5.74) is 3.90. The zero-order valence-electron chi connectivity index (χ0n) is 22.1. The second-order valence-electron chi connectivity index (χ2n) is 9.89. The number of allylic oxidation sites excluding steroid dienone is 1. The molecule has 1 aliphatic heterocycles. The second kappa shape index (κ2) is 11.0. The van der Waals surface area contributed by atoms with Gasteiger partial charge in [-0.3, -0.25) is 9.67 Å². The maximum absolute atomic E-state index is 13.8. The normalized spacial score (nSPS) is 17.8. The van der Waals surface area contributed by atoms with Crippen molar-refractivity contribution in [3.63, 3.8) is 0 Å². The molecule has 0 bridgehead atoms. The zero-order valence-corrected chi connectivity index (χ0v) is 22.9. The van der Waals surface area contributed by atoms with E-state index in [0.717, 1.165) is 12.8 Å². The third-order valence-corrected chi connectivity index (χ3v) is 7.94. The maximum atomic E-state index is 13.8. The molecule has 4 heterocycles. The summed E-state index contributed by atoms with van der Waals surface area (Å²) >= 11 is 1.32. The summed E-state index contributed by atoms with van der Waals surface area (Å²) in [6.07, 6.45) is 1.31. The number of fused-ring (bicyclic) bond motifs is 1. The highest BCUT2D eigenvalue weighted by Gasteiger charge is 2.29. The van der Waals surface area contributed by atoms with E-state index in [1.54, 1.807) is 24.4 Å². The van der Waals surface area contributed by atoms with E-state index in [1.807, 2.05) is 6.07 Å². The number of halogens is 4. The number of hydrogen-bond acceptors (Lipinski definition) is 7. The van der Waals surface area contributed by atoms with Crippen molar-refractivity contribution >= 4 is 33.6 Å². The van der Waals surface area contributed by atoms with Gasteiger partial charge in [-0.2, -0.15) is 5.10 Å². The van der Waals surface area contributed by atoms with Crippen LogP contribution in [-0.4, -0.2) is 56.9 Å². The zero-order chi connectivity index (χ0) is 28.7. The van der Waals surface area contributed by atoms with Crippen LogP contribution in [0.25, 0.3) is 37.9 Å². The van der Waals surface area contributed by atoms with Crippen molar-refractivity contribution in [2.45, 2.75) is 51.1 Å². The Hall–Kier alpha value is -4.11. The Balaban J connectivity index is 1.46. The topological polar surface area (TPSA) is 78.1 Å². The van der Waals surface area contributed by atoms with Crippen molar-refractivity contribution in [2.24, 2.45) is 10.9 Å². The van der Waals surface area contributed by atoms with Gasteiger partial charge in [0.05, 0.1) is 25.2 Å². The van der Waals surface area contributed by atoms with Crippen molar-refractivity contribution in [1.82, 2.24) is 24.7 Å². The van der Waals surface area contributed by atoms with Crippen LogP contribution in [-0.2, 0) is 4.74 Å². The standard InChI is InChI=1S/C29H24F4N6OS/c1-15(25(30)31)39-10-9-22(38-39)17-6-8-19(20(11-17)21-12-23(26(32)33)34-14-24(21)40-2)28-37-27-29(41-28)36-18(13-35-27)7-5-16-3-4-16/h6,8-11,13-16,23,25-26H,3-4,12H2,1-2H3. The van der Waals surface area contributed by atoms with Crippen molar-refractivity contribution in [3.8, 4) is 33.7 Å². The number of aromatic nitrogens is 5. The van der Waals surface area contributed by atoms with Gasteiger partial charge in [0.1, 0.15) is 28.5 Å². The number of aliphatic imine (C=N–C) groups is 1. The number of dihydropyridines is 1. The molecule has 6 rings (SSSR count). The molecule has 0 amide bonds. The van der Waals surface area contributed by atoms with Crippen molar-refractivity contribution in [2.75, 3.05) is 7.11 Å². The predicted octanol–water partition coefficient (Wildman–Crippen LogP) is 6.67. The van der Waals surface area contributed by atoms with Crippen LogP contribution in [0.1, 0.15) is 43.5 Å². The number of hydrogen-bond donors (Lipinski definition) is 0. The first-order valence-corrected chi connectivity index (χ1v) is 13.8. The molecule has 210 valence electrons. The van der Waals surface area contributed by atoms with E-state index in [-0.39, 0.29) is 6.42 Å². The fourth-order valence-electron chi connectivity index (χ4n) is 4.45. The lowest BCUT2D eigenvalue weighted by atomic mass is 9.90.